The molecule has 29 nitrogen and oxygen atoms in total. The first-order chi connectivity index (χ1) is 51.9. The number of carbonyl (C=O) groups excluding carboxylic acids is 3. The maximum Gasteiger partial charge on any atom is 0.290 e. The molecule has 3 aliphatic carbocycles. The lowest BCUT2D eigenvalue weighted by Gasteiger charge is -2.32. The number of hydrogen-bond donors (Lipinski definition) is 6. The molecule has 10 aromatic rings. The number of likely N-dealkylation sites (N-methyl/N-ethyl adjacent to an activating group) is 1. The second kappa shape index (κ2) is 31.5. The van der Waals surface area contributed by atoms with Crippen molar-refractivity contribution in [3.8, 4) is 45.3 Å². The zero-order valence-electron chi connectivity index (χ0n) is 59.9. The number of H-pyrrole nitrogens is 3. The van der Waals surface area contributed by atoms with Crippen molar-refractivity contribution >= 4 is 67.9 Å². The summed E-state index contributed by atoms with van der Waals surface area (Å²) in [6, 6.07) is 31.2. The van der Waals surface area contributed by atoms with E-state index >= 15 is 0 Å². The van der Waals surface area contributed by atoms with Gasteiger partial charge in [0.1, 0.15) is 51.2 Å². The van der Waals surface area contributed by atoms with Crippen molar-refractivity contribution in [2.24, 2.45) is 11.8 Å². The molecule has 9 N–H and O–H groups in total. The molecule has 10 heterocycles. The lowest BCUT2D eigenvalue weighted by Crippen LogP contribution is -2.40. The minimum absolute atomic E-state index is 0. The number of aromatic nitrogens is 12. The molecule has 6 aromatic heterocycles. The third kappa shape index (κ3) is 15.1. The zero-order valence-corrected chi connectivity index (χ0v) is 59.9. The Labute approximate surface area is 622 Å². The Morgan fingerprint density at radius 3 is 1.31 bits per heavy atom. The number of carbonyl (C=O) groups is 3. The van der Waals surface area contributed by atoms with Crippen LogP contribution >= 0.6 is 0 Å². The van der Waals surface area contributed by atoms with Crippen molar-refractivity contribution in [3.63, 3.8) is 0 Å². The minimum Gasteiger partial charge on any atom is -0.490 e. The Kier molecular flexibility index (Phi) is 21.4. The summed E-state index contributed by atoms with van der Waals surface area (Å²) in [5.41, 5.74) is 26.5. The van der Waals surface area contributed by atoms with E-state index in [-0.39, 0.29) is 89.8 Å². The third-order valence-electron chi connectivity index (χ3n) is 21.4. The van der Waals surface area contributed by atoms with E-state index in [1.165, 1.54) is 29.7 Å². The molecular formula is C79H91N19O10. The molecule has 5 atom stereocenters. The second-order valence-electron chi connectivity index (χ2n) is 28.8. The molecule has 0 bridgehead atoms. The first-order valence-electron chi connectivity index (χ1n) is 36.6. The van der Waals surface area contributed by atoms with Gasteiger partial charge in [-0.25, -0.2) is 15.3 Å². The number of rotatable bonds is 16. The van der Waals surface area contributed by atoms with Gasteiger partial charge in [-0.3, -0.25) is 42.8 Å². The van der Waals surface area contributed by atoms with Crippen LogP contribution in [0.1, 0.15) is 106 Å². The topological polar surface area (TPSA) is 370 Å². The summed E-state index contributed by atoms with van der Waals surface area (Å²) in [5.74, 6) is 3.69. The Bertz CT molecular complexity index is 5190. The lowest BCUT2D eigenvalue weighted by molar-refractivity contribution is -0.128. The van der Waals surface area contributed by atoms with Crippen LogP contribution in [0.25, 0.3) is 66.5 Å². The standard InChI is InChI=1S/C31H35N7O3.C25H28N6O3.C22H24N6O4.CH4/c1-36(2)15-6-10-26(39)37-16-5-9-23(19-37)38-29-27(30(32)33-34-31(29)40)28(35-38)20-11-13-24(14-12-20)41-25-17-21-7-3-4-8-22(21)18-25;1-2-20(32)30-9-3-4-17(13-30)31-23-21(24(26)27-28-25(23)33)22(29-31)14-5-7-18(8-6-14)34-19-11-15-10-16(15)12-19;1-2-16(29)27-9-3-4-15(12-27)28-19-17(20(23)24-25-21(19)30)18(26-28)13-5-7-14(8-6-13)22-31-10-11-32-22;/h3-4,6-8,10-14,23,25H,5,9,15-19H2,1-2H3,(H2,32,33)(H,34,40);2,5-8,15-17,19H,1,3-4,9-13H2,(H2,26,27)(H,28,33);2,5-8,15,22H,1,3-4,9-12H2,(H2,23,24)(H,25,30);1H4/b10-6+;;;. The number of hydrogen-bond acceptors (Lipinski definition) is 20. The maximum absolute atomic E-state index is 13.0. The summed E-state index contributed by atoms with van der Waals surface area (Å²) in [6.45, 7) is 12.3. The van der Waals surface area contributed by atoms with Crippen LogP contribution in [0.15, 0.2) is 149 Å². The van der Waals surface area contributed by atoms with Gasteiger partial charge in [0, 0.05) is 87.0 Å². The van der Waals surface area contributed by atoms with Gasteiger partial charge in [-0.1, -0.05) is 75.2 Å². The van der Waals surface area contributed by atoms with Gasteiger partial charge in [0.15, 0.2) is 23.7 Å². The molecule has 29 heteroatoms. The number of benzene rings is 4. The SMILES string of the molecule is C.C=CC(=O)N1CCCC(n2nc(-c3ccc(C4OCCO4)cc3)c3c(N)n[nH]c(=O)c32)C1.C=CC(=O)N1CCCC(n2nc(-c3ccc(OC4CC5CC5C4)cc3)c3c(N)n[nH]c(=O)c32)C1.CN(C)C/C=C/C(=O)N1CCCC(n2nc(-c3ccc(OC4Cc5ccccc5C4)cc3)c3c(N)n[nH]c(=O)c32)C1. The van der Waals surface area contributed by atoms with E-state index in [1.54, 1.807) is 29.9 Å². The molecule has 3 amide bonds. The quantitative estimate of drug-likeness (QED) is 0.0493. The van der Waals surface area contributed by atoms with Gasteiger partial charge < -0.3 is 55.7 Å². The molecule has 4 saturated heterocycles. The summed E-state index contributed by atoms with van der Waals surface area (Å²) in [5, 5.41) is 35.5. The Balaban J connectivity index is 0.000000136. The fourth-order valence-corrected chi connectivity index (χ4v) is 16.0. The first kappa shape index (κ1) is 73.3. The van der Waals surface area contributed by atoms with Gasteiger partial charge in [-0.05, 0) is 156 Å². The number of fused-ring (bicyclic) bond motifs is 5. The van der Waals surface area contributed by atoms with Gasteiger partial charge in [0.2, 0.25) is 17.7 Å². The Hall–Kier alpha value is -11.6. The van der Waals surface area contributed by atoms with E-state index in [0.717, 1.165) is 110 Å². The highest BCUT2D eigenvalue weighted by molar-refractivity contribution is 6.02. The van der Waals surface area contributed by atoms with E-state index in [0.29, 0.717) is 115 Å². The number of nitrogens with zero attached hydrogens (tertiary/aromatic N) is 13. The van der Waals surface area contributed by atoms with Crippen LogP contribution in [0.3, 0.4) is 0 Å². The third-order valence-corrected chi connectivity index (χ3v) is 21.4. The summed E-state index contributed by atoms with van der Waals surface area (Å²) in [7, 11) is 3.92. The van der Waals surface area contributed by atoms with Gasteiger partial charge in [-0.15, -0.1) is 0 Å². The van der Waals surface area contributed by atoms with Crippen LogP contribution in [0.5, 0.6) is 11.5 Å². The monoisotopic (exact) mass is 1470 g/mol. The van der Waals surface area contributed by atoms with E-state index < -0.39 is 0 Å². The average Bonchev–Trinajstić information content (AvgIpc) is 1.60. The van der Waals surface area contributed by atoms with Crippen molar-refractivity contribution in [1.82, 2.24) is 79.5 Å². The van der Waals surface area contributed by atoms with Crippen LogP contribution in [-0.2, 0) is 36.7 Å². The predicted octanol–water partition coefficient (Wildman–Crippen LogP) is 8.49. The molecule has 4 aromatic carbocycles. The van der Waals surface area contributed by atoms with Gasteiger partial charge in [0.05, 0.1) is 53.6 Å². The highest BCUT2D eigenvalue weighted by Gasteiger charge is 2.47. The number of nitrogens with one attached hydrogen (secondary N) is 3. The van der Waals surface area contributed by atoms with E-state index in [2.05, 4.69) is 68.0 Å². The lowest BCUT2D eigenvalue weighted by atomic mass is 10.1. The number of anilines is 3. The smallest absolute Gasteiger partial charge is 0.290 e. The predicted molar refractivity (Wildman–Crippen MR) is 412 cm³/mol. The van der Waals surface area contributed by atoms with E-state index in [9.17, 15) is 28.8 Å². The average molecular weight is 1470 g/mol. The largest absolute Gasteiger partial charge is 0.490 e. The summed E-state index contributed by atoms with van der Waals surface area (Å²) in [4.78, 5) is 83.2. The fraction of sp³-hybridized carbons (Fsp3) is 0.392. The number of aromatic amines is 3. The first-order valence-corrected chi connectivity index (χ1v) is 36.6. The molecule has 108 heavy (non-hydrogen) atoms. The summed E-state index contributed by atoms with van der Waals surface area (Å²) >= 11 is 0. The maximum atomic E-state index is 13.0. The molecule has 2 saturated carbocycles. The van der Waals surface area contributed by atoms with Crippen molar-refractivity contribution in [2.45, 2.75) is 115 Å². The normalized spacial score (nSPS) is 20.6. The minimum atomic E-state index is -0.372. The van der Waals surface area contributed by atoms with Crippen LogP contribution in [0.4, 0.5) is 17.5 Å². The molecule has 0 radical (unpaired) electrons. The second-order valence-corrected chi connectivity index (χ2v) is 28.8. The molecule has 7 aliphatic rings. The van der Waals surface area contributed by atoms with E-state index in [4.69, 9.17) is 51.4 Å². The zero-order chi connectivity index (χ0) is 74.1. The molecule has 5 unspecified atom stereocenters. The van der Waals surface area contributed by atoms with Crippen LogP contribution < -0.4 is 43.4 Å². The van der Waals surface area contributed by atoms with Gasteiger partial charge >= 0.3 is 0 Å². The highest BCUT2D eigenvalue weighted by Crippen LogP contribution is 2.53. The van der Waals surface area contributed by atoms with Crippen molar-refractivity contribution < 1.29 is 33.3 Å². The molecule has 6 fully saturated rings. The molecule has 4 aliphatic heterocycles. The van der Waals surface area contributed by atoms with Gasteiger partial charge in [-0.2, -0.15) is 30.6 Å². The molecular weight excluding hydrogens is 1370 g/mol. The fourth-order valence-electron chi connectivity index (χ4n) is 16.0. The van der Waals surface area contributed by atoms with Crippen LogP contribution in [-0.4, -0.2) is 183 Å². The Morgan fingerprint density at radius 1 is 0.537 bits per heavy atom. The number of nitrogens with two attached hydrogens (primary N) is 3. The number of ether oxygens (including phenoxy) is 4. The van der Waals surface area contributed by atoms with Crippen LogP contribution in [0, 0.1) is 11.8 Å². The molecule has 562 valence electrons. The number of likely N-dealkylation sites (tertiary alicyclic amines) is 3. The van der Waals surface area contributed by atoms with E-state index in [1.807, 2.05) is 103 Å². The number of nitrogen functional groups attached to an aromatic ring is 3. The van der Waals surface area contributed by atoms with Crippen molar-refractivity contribution in [1.29, 1.82) is 0 Å². The molecule has 0 spiro atoms. The Morgan fingerprint density at radius 2 is 0.917 bits per heavy atom. The number of piperidine rings is 3. The summed E-state index contributed by atoms with van der Waals surface area (Å²) in [6.07, 6.45) is 16.4. The van der Waals surface area contributed by atoms with Gasteiger partial charge in [0.25, 0.3) is 16.7 Å². The summed E-state index contributed by atoms with van der Waals surface area (Å²) < 4.78 is 28.7. The number of amides is 3. The van der Waals surface area contributed by atoms with Crippen molar-refractivity contribution in [3.05, 3.63) is 182 Å². The van der Waals surface area contributed by atoms with Crippen LogP contribution in [0.2, 0.25) is 0 Å². The highest BCUT2D eigenvalue weighted by atomic mass is 16.7. The van der Waals surface area contributed by atoms with Crippen molar-refractivity contribution in [2.75, 3.05) is 90.3 Å². The molecule has 17 rings (SSSR count).